The number of halogens is 4. The van der Waals surface area contributed by atoms with E-state index in [1.165, 1.54) is 6.07 Å². The molecule has 6 heteroatoms. The maximum absolute atomic E-state index is 14.0. The molecule has 0 amide bonds. The summed E-state index contributed by atoms with van der Waals surface area (Å²) < 4.78 is 51.7. The quantitative estimate of drug-likeness (QED) is 0.666. The molecule has 0 aromatic heterocycles. The summed E-state index contributed by atoms with van der Waals surface area (Å²) in [6, 6.07) is 4.17. The average Bonchev–Trinajstić information content (AvgIpc) is 2.37. The first-order valence-electron chi connectivity index (χ1n) is 6.36. The molecule has 0 saturated carbocycles. The molecule has 0 spiro atoms. The Bertz CT molecular complexity index is 520. The Hall–Kier alpha value is -1.56. The molecule has 1 aliphatic heterocycles. The third-order valence-corrected chi connectivity index (χ3v) is 3.40. The van der Waals surface area contributed by atoms with E-state index in [-0.39, 0.29) is 25.6 Å². The van der Waals surface area contributed by atoms with Gasteiger partial charge in [-0.05, 0) is 25.0 Å². The van der Waals surface area contributed by atoms with Gasteiger partial charge in [-0.15, -0.1) is 0 Å². The Balaban J connectivity index is 2.30. The molecule has 2 N–H and O–H groups in total. The summed E-state index contributed by atoms with van der Waals surface area (Å²) in [5.74, 6) is -0.455. The standard InChI is InChI=1S/C14H16F4N2/c1-9(19)11-3-2-4-12(15)13(11)20-7-5-10(6-8-20)14(16,17)18/h2-5,9H,6-8,19H2,1H3. The van der Waals surface area contributed by atoms with Crippen LogP contribution in [0.1, 0.15) is 24.9 Å². The van der Waals surface area contributed by atoms with Crippen LogP contribution >= 0.6 is 0 Å². The van der Waals surface area contributed by atoms with E-state index in [9.17, 15) is 17.6 Å². The normalized spacial score (nSPS) is 17.9. The Kier molecular flexibility index (Phi) is 4.04. The number of benzene rings is 1. The number of hydrogen-bond acceptors (Lipinski definition) is 2. The number of nitrogens with zero attached hydrogens (tertiary/aromatic N) is 1. The van der Waals surface area contributed by atoms with Crippen LogP contribution in [0.4, 0.5) is 23.2 Å². The second-order valence-electron chi connectivity index (χ2n) is 4.89. The first kappa shape index (κ1) is 14.8. The molecule has 2 nitrogen and oxygen atoms in total. The van der Waals surface area contributed by atoms with Crippen LogP contribution in [0.5, 0.6) is 0 Å². The molecular formula is C14H16F4N2. The second kappa shape index (κ2) is 5.44. The lowest BCUT2D eigenvalue weighted by molar-refractivity contribution is -0.0944. The first-order chi connectivity index (χ1) is 9.30. The highest BCUT2D eigenvalue weighted by molar-refractivity contribution is 5.57. The molecule has 110 valence electrons. The van der Waals surface area contributed by atoms with Gasteiger partial charge in [0.15, 0.2) is 0 Å². The monoisotopic (exact) mass is 288 g/mol. The Morgan fingerprint density at radius 3 is 2.50 bits per heavy atom. The Morgan fingerprint density at radius 1 is 1.30 bits per heavy atom. The van der Waals surface area contributed by atoms with Crippen molar-refractivity contribution in [3.63, 3.8) is 0 Å². The number of alkyl halides is 3. The summed E-state index contributed by atoms with van der Waals surface area (Å²) in [5, 5.41) is 0. The summed E-state index contributed by atoms with van der Waals surface area (Å²) in [4.78, 5) is 1.60. The first-order valence-corrected chi connectivity index (χ1v) is 6.36. The predicted octanol–water partition coefficient (Wildman–Crippen LogP) is 3.54. The fourth-order valence-corrected chi connectivity index (χ4v) is 2.36. The molecule has 0 aliphatic carbocycles. The minimum absolute atomic E-state index is 0.0372. The molecule has 1 aromatic rings. The third kappa shape index (κ3) is 2.95. The molecule has 20 heavy (non-hydrogen) atoms. The van der Waals surface area contributed by atoms with Crippen LogP contribution in [0.15, 0.2) is 29.8 Å². The van der Waals surface area contributed by atoms with Gasteiger partial charge < -0.3 is 10.6 Å². The number of hydrogen-bond donors (Lipinski definition) is 1. The van der Waals surface area contributed by atoms with E-state index in [1.54, 1.807) is 24.0 Å². The molecule has 2 rings (SSSR count). The highest BCUT2D eigenvalue weighted by Gasteiger charge is 2.35. The molecule has 1 aromatic carbocycles. The molecule has 0 radical (unpaired) electrons. The number of nitrogens with two attached hydrogens (primary N) is 1. The maximum atomic E-state index is 14.0. The van der Waals surface area contributed by atoms with Gasteiger partial charge in [0.05, 0.1) is 5.69 Å². The van der Waals surface area contributed by atoms with Crippen molar-refractivity contribution >= 4 is 5.69 Å². The molecule has 1 aliphatic rings. The van der Waals surface area contributed by atoms with Crippen molar-refractivity contribution in [3.05, 3.63) is 41.2 Å². The fourth-order valence-electron chi connectivity index (χ4n) is 2.36. The minimum atomic E-state index is -4.30. The number of para-hydroxylation sites is 1. The fraction of sp³-hybridized carbons (Fsp3) is 0.429. The van der Waals surface area contributed by atoms with Crippen molar-refractivity contribution in [2.24, 2.45) is 5.73 Å². The molecule has 1 heterocycles. The summed E-state index contributed by atoms with van der Waals surface area (Å²) in [6.07, 6.45) is -3.33. The van der Waals surface area contributed by atoms with Gasteiger partial charge in [-0.2, -0.15) is 13.2 Å². The largest absolute Gasteiger partial charge is 0.412 e. The molecule has 0 fully saturated rings. The topological polar surface area (TPSA) is 29.3 Å². The molecule has 1 unspecified atom stereocenters. The maximum Gasteiger partial charge on any atom is 0.412 e. The molecule has 0 bridgehead atoms. The number of anilines is 1. The Morgan fingerprint density at radius 2 is 2.00 bits per heavy atom. The van der Waals surface area contributed by atoms with E-state index in [0.29, 0.717) is 11.3 Å². The predicted molar refractivity (Wildman–Crippen MR) is 70.0 cm³/mol. The molecular weight excluding hydrogens is 272 g/mol. The Labute approximate surface area is 114 Å². The third-order valence-electron chi connectivity index (χ3n) is 3.40. The van der Waals surface area contributed by atoms with Gasteiger partial charge in [-0.3, -0.25) is 0 Å². The van der Waals surface area contributed by atoms with Crippen molar-refractivity contribution in [3.8, 4) is 0 Å². The smallest absolute Gasteiger partial charge is 0.365 e. The van der Waals surface area contributed by atoms with E-state index in [2.05, 4.69) is 0 Å². The van der Waals surface area contributed by atoms with Gasteiger partial charge in [0.1, 0.15) is 5.82 Å². The van der Waals surface area contributed by atoms with E-state index >= 15 is 0 Å². The van der Waals surface area contributed by atoms with E-state index < -0.39 is 17.6 Å². The second-order valence-corrected chi connectivity index (χ2v) is 4.89. The lowest BCUT2D eigenvalue weighted by atomic mass is 10.0. The van der Waals surface area contributed by atoms with Gasteiger partial charge >= 0.3 is 6.18 Å². The zero-order valence-corrected chi connectivity index (χ0v) is 11.0. The van der Waals surface area contributed by atoms with Crippen LogP contribution in [0.3, 0.4) is 0 Å². The minimum Gasteiger partial charge on any atom is -0.365 e. The lowest BCUT2D eigenvalue weighted by Crippen LogP contribution is -2.33. The van der Waals surface area contributed by atoms with Crippen molar-refractivity contribution in [1.82, 2.24) is 0 Å². The van der Waals surface area contributed by atoms with Gasteiger partial charge in [-0.1, -0.05) is 18.2 Å². The summed E-state index contributed by atoms with van der Waals surface area (Å²) in [5.41, 5.74) is 6.16. The molecule has 1 atom stereocenters. The van der Waals surface area contributed by atoms with Crippen molar-refractivity contribution in [1.29, 1.82) is 0 Å². The van der Waals surface area contributed by atoms with Crippen molar-refractivity contribution < 1.29 is 17.6 Å². The van der Waals surface area contributed by atoms with E-state index in [1.807, 2.05) is 0 Å². The average molecular weight is 288 g/mol. The van der Waals surface area contributed by atoms with Gasteiger partial charge in [0.2, 0.25) is 0 Å². The van der Waals surface area contributed by atoms with E-state index in [0.717, 1.165) is 6.08 Å². The molecule has 0 saturated heterocycles. The zero-order valence-electron chi connectivity index (χ0n) is 11.0. The number of rotatable bonds is 2. The summed E-state index contributed by atoms with van der Waals surface area (Å²) in [7, 11) is 0. The van der Waals surface area contributed by atoms with Crippen LogP contribution in [0, 0.1) is 5.82 Å². The van der Waals surface area contributed by atoms with Crippen LogP contribution < -0.4 is 10.6 Å². The highest BCUT2D eigenvalue weighted by atomic mass is 19.4. The van der Waals surface area contributed by atoms with Crippen molar-refractivity contribution in [2.75, 3.05) is 18.0 Å². The van der Waals surface area contributed by atoms with Gasteiger partial charge in [0.25, 0.3) is 0 Å². The van der Waals surface area contributed by atoms with Crippen LogP contribution in [0.25, 0.3) is 0 Å². The van der Waals surface area contributed by atoms with Crippen molar-refractivity contribution in [2.45, 2.75) is 25.6 Å². The van der Waals surface area contributed by atoms with Crippen LogP contribution in [-0.2, 0) is 0 Å². The summed E-state index contributed by atoms with van der Waals surface area (Å²) in [6.45, 7) is 1.89. The zero-order chi connectivity index (χ0) is 14.9. The van der Waals surface area contributed by atoms with Crippen LogP contribution in [0.2, 0.25) is 0 Å². The lowest BCUT2D eigenvalue weighted by Gasteiger charge is -2.31. The highest BCUT2D eigenvalue weighted by Crippen LogP contribution is 2.34. The SMILES string of the molecule is CC(N)c1cccc(F)c1N1CC=C(C(F)(F)F)CC1. The van der Waals surface area contributed by atoms with Crippen LogP contribution in [-0.4, -0.2) is 19.3 Å². The van der Waals surface area contributed by atoms with Gasteiger partial charge in [-0.25, -0.2) is 4.39 Å². The van der Waals surface area contributed by atoms with E-state index in [4.69, 9.17) is 5.73 Å². The van der Waals surface area contributed by atoms with Gasteiger partial charge in [0, 0.05) is 24.7 Å². The summed E-state index contributed by atoms with van der Waals surface area (Å²) >= 11 is 0.